The molecule has 2 aromatic rings. The summed E-state index contributed by atoms with van der Waals surface area (Å²) in [7, 11) is 0. The molecular formula is C12H12O2S2. The molecule has 0 radical (unpaired) electrons. The van der Waals surface area contributed by atoms with Crippen LogP contribution in [0.4, 0.5) is 0 Å². The molecule has 0 aliphatic heterocycles. The zero-order chi connectivity index (χ0) is 11.5. The maximum atomic E-state index is 11.2. The summed E-state index contributed by atoms with van der Waals surface area (Å²) >= 11 is 3.14. The Morgan fingerprint density at radius 1 is 1.38 bits per heavy atom. The smallest absolute Gasteiger partial charge is 0.312 e. The van der Waals surface area contributed by atoms with Gasteiger partial charge >= 0.3 is 5.97 Å². The van der Waals surface area contributed by atoms with Crippen LogP contribution in [0.2, 0.25) is 0 Å². The average molecular weight is 252 g/mol. The van der Waals surface area contributed by atoms with Crippen LogP contribution in [0, 0.1) is 6.92 Å². The van der Waals surface area contributed by atoms with E-state index in [1.807, 2.05) is 35.9 Å². The molecule has 2 rings (SSSR count). The van der Waals surface area contributed by atoms with Gasteiger partial charge in [-0.1, -0.05) is 6.07 Å². The van der Waals surface area contributed by atoms with E-state index in [4.69, 9.17) is 0 Å². The van der Waals surface area contributed by atoms with Crippen LogP contribution in [0.3, 0.4) is 0 Å². The van der Waals surface area contributed by atoms with Crippen LogP contribution in [-0.4, -0.2) is 11.1 Å². The molecule has 0 bridgehead atoms. The molecule has 4 heteroatoms. The maximum absolute atomic E-state index is 11.2. The van der Waals surface area contributed by atoms with E-state index in [0.717, 1.165) is 4.88 Å². The molecule has 1 N–H and O–H groups in total. The minimum absolute atomic E-state index is 0.405. The number of aliphatic carboxylic acids is 1. The number of carboxylic acids is 1. The fourth-order valence-electron chi connectivity index (χ4n) is 1.60. The third kappa shape index (κ3) is 2.33. The van der Waals surface area contributed by atoms with Crippen molar-refractivity contribution in [2.24, 2.45) is 0 Å². The zero-order valence-corrected chi connectivity index (χ0v) is 10.5. The van der Waals surface area contributed by atoms with Crippen LogP contribution >= 0.6 is 22.7 Å². The lowest BCUT2D eigenvalue weighted by atomic mass is 10.0. The van der Waals surface area contributed by atoms with Gasteiger partial charge in [-0.2, -0.15) is 0 Å². The largest absolute Gasteiger partial charge is 0.481 e. The molecule has 0 saturated carbocycles. The number of carbonyl (C=O) groups is 1. The highest BCUT2D eigenvalue weighted by Crippen LogP contribution is 2.28. The molecule has 1 atom stereocenters. The van der Waals surface area contributed by atoms with Gasteiger partial charge in [0, 0.05) is 16.2 Å². The summed E-state index contributed by atoms with van der Waals surface area (Å²) in [4.78, 5) is 13.3. The van der Waals surface area contributed by atoms with Gasteiger partial charge in [-0.05, 0) is 35.4 Å². The fraction of sp³-hybridized carbons (Fsp3) is 0.250. The Morgan fingerprint density at radius 3 is 2.69 bits per heavy atom. The van der Waals surface area contributed by atoms with E-state index >= 15 is 0 Å². The van der Waals surface area contributed by atoms with E-state index in [9.17, 15) is 9.90 Å². The van der Waals surface area contributed by atoms with Crippen LogP contribution < -0.4 is 0 Å². The third-order valence-corrected chi connectivity index (χ3v) is 4.57. The molecule has 0 fully saturated rings. The van der Waals surface area contributed by atoms with Crippen LogP contribution in [0.1, 0.15) is 21.2 Å². The van der Waals surface area contributed by atoms with E-state index < -0.39 is 11.9 Å². The second kappa shape index (κ2) is 4.80. The zero-order valence-electron chi connectivity index (χ0n) is 8.84. The summed E-state index contributed by atoms with van der Waals surface area (Å²) < 4.78 is 0. The minimum Gasteiger partial charge on any atom is -0.481 e. The van der Waals surface area contributed by atoms with Crippen molar-refractivity contribution >= 4 is 28.6 Å². The highest BCUT2D eigenvalue weighted by atomic mass is 32.1. The molecule has 2 aromatic heterocycles. The molecule has 0 aliphatic rings. The lowest BCUT2D eigenvalue weighted by Gasteiger charge is -2.09. The van der Waals surface area contributed by atoms with Gasteiger partial charge in [0.25, 0.3) is 0 Å². The number of thiophene rings is 2. The van der Waals surface area contributed by atoms with Gasteiger partial charge in [0.1, 0.15) is 0 Å². The Bertz CT molecular complexity index is 471. The molecule has 2 heterocycles. The number of aryl methyl sites for hydroxylation is 1. The van der Waals surface area contributed by atoms with Crippen LogP contribution in [0.15, 0.2) is 29.0 Å². The van der Waals surface area contributed by atoms with Gasteiger partial charge in [0.05, 0.1) is 5.92 Å². The molecule has 0 aliphatic carbocycles. The summed E-state index contributed by atoms with van der Waals surface area (Å²) in [6.07, 6.45) is 0.597. The van der Waals surface area contributed by atoms with Gasteiger partial charge in [-0.3, -0.25) is 4.79 Å². The van der Waals surface area contributed by atoms with Crippen LogP contribution in [0.5, 0.6) is 0 Å². The minimum atomic E-state index is -0.741. The molecule has 0 aromatic carbocycles. The van der Waals surface area contributed by atoms with E-state index in [2.05, 4.69) is 0 Å². The first-order valence-electron chi connectivity index (χ1n) is 4.97. The summed E-state index contributed by atoms with van der Waals surface area (Å²) in [5.41, 5.74) is 1.19. The van der Waals surface area contributed by atoms with Crippen molar-refractivity contribution in [3.63, 3.8) is 0 Å². The van der Waals surface area contributed by atoms with Crippen molar-refractivity contribution in [3.8, 4) is 0 Å². The number of hydrogen-bond acceptors (Lipinski definition) is 3. The molecule has 84 valence electrons. The topological polar surface area (TPSA) is 37.3 Å². The quantitative estimate of drug-likeness (QED) is 0.903. The first-order valence-corrected chi connectivity index (χ1v) is 6.73. The SMILES string of the molecule is Cc1ccsc1CC(C(=O)O)c1cccs1. The average Bonchev–Trinajstić information content (AvgIpc) is 2.85. The maximum Gasteiger partial charge on any atom is 0.312 e. The fourth-order valence-corrected chi connectivity index (χ4v) is 3.37. The number of carboxylic acid groups (broad SMARTS) is 1. The molecule has 0 spiro atoms. The highest BCUT2D eigenvalue weighted by molar-refractivity contribution is 7.10. The standard InChI is InChI=1S/C12H12O2S2/c1-8-4-6-16-11(8)7-9(12(13)14)10-3-2-5-15-10/h2-6,9H,7H2,1H3,(H,13,14). The second-order valence-electron chi connectivity index (χ2n) is 3.64. The Kier molecular flexibility index (Phi) is 3.41. The van der Waals surface area contributed by atoms with Gasteiger partial charge in [-0.25, -0.2) is 0 Å². The van der Waals surface area contributed by atoms with E-state index in [1.165, 1.54) is 21.8 Å². The molecule has 2 nitrogen and oxygen atoms in total. The number of hydrogen-bond donors (Lipinski definition) is 1. The molecule has 0 amide bonds. The van der Waals surface area contributed by atoms with Gasteiger partial charge in [0.15, 0.2) is 0 Å². The van der Waals surface area contributed by atoms with Crippen molar-refractivity contribution in [3.05, 3.63) is 44.3 Å². The second-order valence-corrected chi connectivity index (χ2v) is 5.62. The van der Waals surface area contributed by atoms with Crippen molar-refractivity contribution in [2.75, 3.05) is 0 Å². The Labute approximate surface area is 102 Å². The highest BCUT2D eigenvalue weighted by Gasteiger charge is 2.22. The van der Waals surface area contributed by atoms with Crippen LogP contribution in [0.25, 0.3) is 0 Å². The lowest BCUT2D eigenvalue weighted by molar-refractivity contribution is -0.138. The molecule has 0 saturated heterocycles. The van der Waals surface area contributed by atoms with E-state index in [-0.39, 0.29) is 0 Å². The first-order chi connectivity index (χ1) is 7.68. The van der Waals surface area contributed by atoms with Gasteiger partial charge < -0.3 is 5.11 Å². The molecule has 16 heavy (non-hydrogen) atoms. The van der Waals surface area contributed by atoms with Crippen molar-refractivity contribution in [1.29, 1.82) is 0 Å². The first kappa shape index (κ1) is 11.4. The monoisotopic (exact) mass is 252 g/mol. The normalized spacial score (nSPS) is 12.6. The Hall–Kier alpha value is -1.13. The van der Waals surface area contributed by atoms with E-state index in [0.29, 0.717) is 6.42 Å². The third-order valence-electron chi connectivity index (χ3n) is 2.54. The summed E-state index contributed by atoms with van der Waals surface area (Å²) in [5.74, 6) is -1.15. The van der Waals surface area contributed by atoms with Gasteiger partial charge in [-0.15, -0.1) is 22.7 Å². The lowest BCUT2D eigenvalue weighted by Crippen LogP contribution is -2.12. The predicted octanol–water partition coefficient (Wildman–Crippen LogP) is 3.53. The van der Waals surface area contributed by atoms with Gasteiger partial charge in [0.2, 0.25) is 0 Å². The van der Waals surface area contributed by atoms with Crippen molar-refractivity contribution in [2.45, 2.75) is 19.3 Å². The van der Waals surface area contributed by atoms with E-state index in [1.54, 1.807) is 11.3 Å². The summed E-state index contributed by atoms with van der Waals surface area (Å²) in [6, 6.07) is 5.83. The van der Waals surface area contributed by atoms with Crippen molar-refractivity contribution in [1.82, 2.24) is 0 Å². The predicted molar refractivity (Wildman–Crippen MR) is 67.5 cm³/mol. The van der Waals surface area contributed by atoms with Crippen molar-refractivity contribution < 1.29 is 9.90 Å². The molecule has 1 unspecified atom stereocenters. The summed E-state index contributed by atoms with van der Waals surface area (Å²) in [5, 5.41) is 13.2. The van der Waals surface area contributed by atoms with Crippen LogP contribution in [-0.2, 0) is 11.2 Å². The number of rotatable bonds is 4. The molecular weight excluding hydrogens is 240 g/mol. The summed E-state index contributed by atoms with van der Waals surface area (Å²) in [6.45, 7) is 2.03. The Morgan fingerprint density at radius 2 is 2.19 bits per heavy atom. The Balaban J connectivity index is 2.22.